The first kappa shape index (κ1) is 26.2. The highest BCUT2D eigenvalue weighted by Crippen LogP contribution is 2.35. The number of benzene rings is 2. The quantitative estimate of drug-likeness (QED) is 0.268. The number of amides is 1. The van der Waals surface area contributed by atoms with Gasteiger partial charge in [-0.2, -0.15) is 0 Å². The van der Waals surface area contributed by atoms with Gasteiger partial charge < -0.3 is 18.8 Å². The molecule has 0 radical (unpaired) electrons. The number of aromatic nitrogens is 1. The van der Waals surface area contributed by atoms with Crippen LogP contribution in [0.3, 0.4) is 0 Å². The molecule has 11 heteroatoms. The first-order chi connectivity index (χ1) is 19.8. The number of hydrogen-bond donors (Lipinski definition) is 0. The van der Waals surface area contributed by atoms with E-state index in [-0.39, 0.29) is 34.1 Å². The molecule has 4 heterocycles. The van der Waals surface area contributed by atoms with E-state index < -0.39 is 23.5 Å². The molecule has 0 spiro atoms. The van der Waals surface area contributed by atoms with Gasteiger partial charge in [0.2, 0.25) is 5.76 Å². The lowest BCUT2D eigenvalue weighted by Gasteiger charge is -2.24. The smallest absolute Gasteiger partial charge is 0.379 e. The molecule has 2 aromatic heterocycles. The molecule has 0 saturated carbocycles. The number of para-hydroxylation sites is 1. The average Bonchev–Trinajstić information content (AvgIpc) is 3.67. The van der Waals surface area contributed by atoms with Crippen LogP contribution >= 0.6 is 11.3 Å². The summed E-state index contributed by atoms with van der Waals surface area (Å²) >= 11 is 1.10. The van der Waals surface area contributed by atoms with Crippen LogP contribution in [0, 0.1) is 0 Å². The van der Waals surface area contributed by atoms with Crippen LogP contribution in [0.25, 0.3) is 5.57 Å². The summed E-state index contributed by atoms with van der Waals surface area (Å²) in [6.07, 6.45) is 1.37. The third kappa shape index (κ3) is 4.30. The monoisotopic (exact) mass is 569 g/mol. The molecule has 6 rings (SSSR count). The van der Waals surface area contributed by atoms with Crippen molar-refractivity contribution in [2.24, 2.45) is 4.99 Å². The van der Waals surface area contributed by atoms with Crippen molar-refractivity contribution in [3.05, 3.63) is 115 Å². The summed E-state index contributed by atoms with van der Waals surface area (Å²) in [6, 6.07) is 15.9. The van der Waals surface area contributed by atoms with Gasteiger partial charge in [-0.15, -0.1) is 0 Å². The lowest BCUT2D eigenvalue weighted by molar-refractivity contribution is -0.139. The summed E-state index contributed by atoms with van der Waals surface area (Å²) in [7, 11) is 1.66. The fourth-order valence-corrected chi connectivity index (χ4v) is 6.15. The predicted molar refractivity (Wildman–Crippen MR) is 149 cm³/mol. The van der Waals surface area contributed by atoms with Gasteiger partial charge in [-0.25, -0.2) is 14.6 Å². The van der Waals surface area contributed by atoms with E-state index in [4.69, 9.17) is 13.9 Å². The zero-order valence-electron chi connectivity index (χ0n) is 22.2. The highest BCUT2D eigenvalue weighted by atomic mass is 32.1. The van der Waals surface area contributed by atoms with Crippen LogP contribution in [-0.2, 0) is 14.3 Å². The van der Waals surface area contributed by atoms with Crippen LogP contribution in [0.5, 0.6) is 5.75 Å². The van der Waals surface area contributed by atoms with Crippen molar-refractivity contribution >= 4 is 40.4 Å². The molecule has 0 N–H and O–H groups in total. The second-order valence-electron chi connectivity index (χ2n) is 9.31. The summed E-state index contributed by atoms with van der Waals surface area (Å²) in [5.74, 6) is -1.26. The topological polar surface area (TPSA) is 120 Å². The molecule has 0 fully saturated rings. The van der Waals surface area contributed by atoms with Crippen molar-refractivity contribution in [1.29, 1.82) is 0 Å². The molecule has 1 amide bonds. The molecular weight excluding hydrogens is 546 g/mol. The van der Waals surface area contributed by atoms with Gasteiger partial charge in [-0.1, -0.05) is 41.7 Å². The highest BCUT2D eigenvalue weighted by molar-refractivity contribution is 7.07. The molecule has 4 aromatic rings. The van der Waals surface area contributed by atoms with Crippen molar-refractivity contribution in [3.8, 4) is 5.75 Å². The second-order valence-corrected chi connectivity index (χ2v) is 10.3. The minimum atomic E-state index is -0.890. The zero-order chi connectivity index (χ0) is 28.8. The summed E-state index contributed by atoms with van der Waals surface area (Å²) in [4.78, 5) is 59.3. The van der Waals surface area contributed by atoms with Gasteiger partial charge in [0.1, 0.15) is 10.3 Å². The molecule has 10 nitrogen and oxygen atoms in total. The molecule has 2 aliphatic heterocycles. The highest BCUT2D eigenvalue weighted by Gasteiger charge is 2.36. The molecule has 0 saturated heterocycles. The molecule has 0 unspecified atom stereocenters. The summed E-state index contributed by atoms with van der Waals surface area (Å²) in [5, 5.41) is 0. The van der Waals surface area contributed by atoms with Gasteiger partial charge in [0.25, 0.3) is 11.5 Å². The molecule has 2 aromatic carbocycles. The third-order valence-electron chi connectivity index (χ3n) is 6.90. The van der Waals surface area contributed by atoms with E-state index in [1.54, 1.807) is 57.3 Å². The van der Waals surface area contributed by atoms with E-state index in [0.29, 0.717) is 32.9 Å². The Labute approximate surface area is 237 Å². The number of nitrogens with zero attached hydrogens (tertiary/aromatic N) is 3. The lowest BCUT2D eigenvalue weighted by atomic mass is 9.96. The molecule has 0 aliphatic carbocycles. The summed E-state index contributed by atoms with van der Waals surface area (Å²) in [6.45, 7) is 3.51. The zero-order valence-corrected chi connectivity index (χ0v) is 23.1. The maximum absolute atomic E-state index is 14.1. The Kier molecular flexibility index (Phi) is 6.50. The number of carbonyl (C=O) groups excluding carboxylic acids is 3. The Bertz CT molecular complexity index is 1930. The SMILES string of the molecule is CCOC(=O)C1=C(C)N=c2s/c(=C3\C(=O)N(C)c4ccccc43)c(=O)n2[C@H]1c1ccc(OC(=O)c2ccco2)cc1. The number of ether oxygens (including phenoxy) is 2. The van der Waals surface area contributed by atoms with Gasteiger partial charge in [-0.3, -0.25) is 14.2 Å². The van der Waals surface area contributed by atoms with E-state index in [1.807, 2.05) is 18.2 Å². The minimum Gasteiger partial charge on any atom is -0.463 e. The molecule has 2 aliphatic rings. The van der Waals surface area contributed by atoms with Crippen molar-refractivity contribution in [1.82, 2.24) is 4.57 Å². The number of thiazole rings is 1. The maximum atomic E-state index is 14.1. The van der Waals surface area contributed by atoms with E-state index in [2.05, 4.69) is 4.99 Å². The average molecular weight is 570 g/mol. The second kappa shape index (κ2) is 10.2. The van der Waals surface area contributed by atoms with Crippen LogP contribution in [-0.4, -0.2) is 36.1 Å². The Hall–Kier alpha value is -5.03. The van der Waals surface area contributed by atoms with E-state index in [0.717, 1.165) is 11.3 Å². The lowest BCUT2D eigenvalue weighted by Crippen LogP contribution is -2.40. The van der Waals surface area contributed by atoms with Gasteiger partial charge in [0.05, 0.1) is 41.4 Å². The number of likely N-dealkylation sites (N-methyl/N-ethyl adjacent to an activating group) is 1. The van der Waals surface area contributed by atoms with E-state index >= 15 is 0 Å². The third-order valence-corrected chi connectivity index (χ3v) is 7.96. The van der Waals surface area contributed by atoms with Crippen molar-refractivity contribution < 1.29 is 28.3 Å². The Balaban J connectivity index is 1.50. The summed E-state index contributed by atoms with van der Waals surface area (Å²) in [5.41, 5.74) is 2.37. The molecule has 0 bridgehead atoms. The van der Waals surface area contributed by atoms with Crippen LogP contribution in [0.15, 0.2) is 92.4 Å². The first-order valence-corrected chi connectivity index (χ1v) is 13.6. The standard InChI is InChI=1S/C30H23N3O7S/c1-4-38-29(37)22-16(2)31-30-33(24(22)17-11-13-18(14-12-17)40-28(36)21-10-7-15-39-21)27(35)25(41-30)23-19-8-5-6-9-20(19)32(3)26(23)34/h5-15,24H,4H2,1-3H3/b25-23-/t24-/m0/s1. The molecule has 1 atom stereocenters. The van der Waals surface area contributed by atoms with Crippen LogP contribution < -0.4 is 24.5 Å². The van der Waals surface area contributed by atoms with E-state index in [9.17, 15) is 19.2 Å². The van der Waals surface area contributed by atoms with Gasteiger partial charge in [0.15, 0.2) is 4.80 Å². The van der Waals surface area contributed by atoms with Crippen LogP contribution in [0.1, 0.15) is 41.6 Å². The number of furan rings is 1. The Morgan fingerprint density at radius 1 is 1.02 bits per heavy atom. The maximum Gasteiger partial charge on any atom is 0.379 e. The number of anilines is 1. The van der Waals surface area contributed by atoms with Gasteiger partial charge in [0, 0.05) is 12.6 Å². The minimum absolute atomic E-state index is 0.0549. The van der Waals surface area contributed by atoms with Crippen molar-refractivity contribution in [3.63, 3.8) is 0 Å². The number of hydrogen-bond acceptors (Lipinski definition) is 9. The Morgan fingerprint density at radius 3 is 2.49 bits per heavy atom. The number of allylic oxidation sites excluding steroid dienone is 1. The number of esters is 2. The van der Waals surface area contributed by atoms with Crippen molar-refractivity contribution in [2.75, 3.05) is 18.6 Å². The predicted octanol–water partition coefficient (Wildman–Crippen LogP) is 2.96. The molecule has 41 heavy (non-hydrogen) atoms. The number of rotatable bonds is 5. The number of fused-ring (bicyclic) bond motifs is 2. The van der Waals surface area contributed by atoms with Crippen molar-refractivity contribution in [2.45, 2.75) is 19.9 Å². The molecule has 206 valence electrons. The van der Waals surface area contributed by atoms with Gasteiger partial charge >= 0.3 is 11.9 Å². The van der Waals surface area contributed by atoms with Gasteiger partial charge in [-0.05, 0) is 49.7 Å². The first-order valence-electron chi connectivity index (χ1n) is 12.8. The van der Waals surface area contributed by atoms with E-state index in [1.165, 1.54) is 21.8 Å². The van der Waals surface area contributed by atoms with Crippen LogP contribution in [0.2, 0.25) is 0 Å². The van der Waals surface area contributed by atoms with Crippen LogP contribution in [0.4, 0.5) is 5.69 Å². The number of carbonyl (C=O) groups is 3. The fourth-order valence-electron chi connectivity index (χ4n) is 5.02. The molecular formula is C30H23N3O7S. The normalized spacial score (nSPS) is 17.2. The Morgan fingerprint density at radius 2 is 1.78 bits per heavy atom. The fraction of sp³-hybridized carbons (Fsp3) is 0.167. The largest absolute Gasteiger partial charge is 0.463 e. The summed E-state index contributed by atoms with van der Waals surface area (Å²) < 4.78 is 17.5.